The van der Waals surface area contributed by atoms with Crippen molar-refractivity contribution in [1.29, 1.82) is 0 Å². The van der Waals surface area contributed by atoms with E-state index >= 15 is 0 Å². The number of carbonyl (C=O) groups is 1. The zero-order chi connectivity index (χ0) is 15.9. The van der Waals surface area contributed by atoms with Crippen molar-refractivity contribution in [3.63, 3.8) is 0 Å². The van der Waals surface area contributed by atoms with Crippen LogP contribution in [-0.4, -0.2) is 24.0 Å². The minimum absolute atomic E-state index is 0.0911. The number of alkyl halides is 2. The van der Waals surface area contributed by atoms with Gasteiger partial charge >= 0.3 is 12.3 Å². The van der Waals surface area contributed by atoms with E-state index in [0.29, 0.717) is 5.56 Å². The lowest BCUT2D eigenvalue weighted by molar-refractivity contribution is -0.286. The van der Waals surface area contributed by atoms with Gasteiger partial charge in [-0.15, -0.1) is 8.78 Å². The molecule has 1 aliphatic rings. The van der Waals surface area contributed by atoms with Gasteiger partial charge < -0.3 is 18.7 Å². The Labute approximate surface area is 123 Å². The van der Waals surface area contributed by atoms with E-state index in [4.69, 9.17) is 9.26 Å². The molecule has 22 heavy (non-hydrogen) atoms. The minimum atomic E-state index is -3.70. The molecular formula is C14H11F2NO5. The van der Waals surface area contributed by atoms with Crippen molar-refractivity contribution in [3.8, 4) is 22.8 Å². The molecule has 116 valence electrons. The second-order valence-electron chi connectivity index (χ2n) is 4.51. The molecule has 8 heteroatoms. The summed E-state index contributed by atoms with van der Waals surface area (Å²) < 4.78 is 44.7. The summed E-state index contributed by atoms with van der Waals surface area (Å²) in [6, 6.07) is 4.09. The van der Waals surface area contributed by atoms with Gasteiger partial charge in [-0.2, -0.15) is 0 Å². The molecule has 0 amide bonds. The molecule has 2 aromatic rings. The maximum absolute atomic E-state index is 13.0. The van der Waals surface area contributed by atoms with Crippen molar-refractivity contribution >= 4 is 5.97 Å². The number of hydrogen-bond donors (Lipinski definition) is 0. The third-order valence-electron chi connectivity index (χ3n) is 3.02. The number of rotatable bonds is 3. The Morgan fingerprint density at radius 2 is 2.05 bits per heavy atom. The van der Waals surface area contributed by atoms with E-state index in [9.17, 15) is 13.6 Å². The summed E-state index contributed by atoms with van der Waals surface area (Å²) in [4.78, 5) is 12.0. The predicted octanol–water partition coefficient (Wildman–Crippen LogP) is 3.15. The lowest BCUT2D eigenvalue weighted by Crippen LogP contribution is -2.25. The van der Waals surface area contributed by atoms with E-state index < -0.39 is 12.3 Å². The molecule has 0 aliphatic carbocycles. The maximum atomic E-state index is 13.0. The highest BCUT2D eigenvalue weighted by atomic mass is 19.3. The molecule has 0 N–H and O–H groups in total. The van der Waals surface area contributed by atoms with Crippen LogP contribution in [0.25, 0.3) is 11.3 Å². The summed E-state index contributed by atoms with van der Waals surface area (Å²) in [5.74, 6) is -0.555. The highest BCUT2D eigenvalue weighted by Crippen LogP contribution is 2.43. The number of benzene rings is 1. The van der Waals surface area contributed by atoms with E-state index in [-0.39, 0.29) is 35.1 Å². The Morgan fingerprint density at radius 3 is 2.77 bits per heavy atom. The third kappa shape index (κ3) is 2.36. The average Bonchev–Trinajstić information content (AvgIpc) is 2.96. The fourth-order valence-electron chi connectivity index (χ4n) is 2.11. The number of fused-ring (bicyclic) bond motifs is 1. The van der Waals surface area contributed by atoms with Crippen LogP contribution in [0.4, 0.5) is 8.78 Å². The number of nitrogens with zero attached hydrogens (tertiary/aromatic N) is 1. The number of ether oxygens (including phenoxy) is 3. The van der Waals surface area contributed by atoms with Gasteiger partial charge in [0.25, 0.3) is 0 Å². The summed E-state index contributed by atoms with van der Waals surface area (Å²) in [5.41, 5.74) is 0.713. The Bertz CT molecular complexity index is 741. The molecular weight excluding hydrogens is 300 g/mol. The first-order valence-electron chi connectivity index (χ1n) is 6.45. The van der Waals surface area contributed by atoms with Gasteiger partial charge in [0.1, 0.15) is 17.0 Å². The number of esters is 1. The number of aryl methyl sites for hydroxylation is 1. The predicted molar refractivity (Wildman–Crippen MR) is 68.8 cm³/mol. The highest BCUT2D eigenvalue weighted by molar-refractivity contribution is 5.97. The van der Waals surface area contributed by atoms with Crippen LogP contribution in [0.5, 0.6) is 11.5 Å². The Hall–Kier alpha value is -2.64. The second-order valence-corrected chi connectivity index (χ2v) is 4.51. The van der Waals surface area contributed by atoms with Crippen LogP contribution in [0.3, 0.4) is 0 Å². The first-order valence-corrected chi connectivity index (χ1v) is 6.45. The Morgan fingerprint density at radius 1 is 1.32 bits per heavy atom. The number of halogens is 2. The molecule has 6 nitrogen and oxygen atoms in total. The van der Waals surface area contributed by atoms with Gasteiger partial charge in [0.2, 0.25) is 0 Å². The number of aromatic nitrogens is 1. The molecule has 0 fully saturated rings. The fourth-order valence-corrected chi connectivity index (χ4v) is 2.11. The zero-order valence-electron chi connectivity index (χ0n) is 11.7. The molecule has 1 aliphatic heterocycles. The normalized spacial score (nSPS) is 14.9. The van der Waals surface area contributed by atoms with Crippen molar-refractivity contribution < 1.29 is 32.3 Å². The summed E-state index contributed by atoms with van der Waals surface area (Å²) in [7, 11) is 0. The van der Waals surface area contributed by atoms with Crippen molar-refractivity contribution in [1.82, 2.24) is 5.16 Å². The highest BCUT2D eigenvalue weighted by Gasteiger charge is 2.43. The number of carbonyl (C=O) groups excluding carboxylic acids is 1. The van der Waals surface area contributed by atoms with Crippen molar-refractivity contribution in [3.05, 3.63) is 29.5 Å². The van der Waals surface area contributed by atoms with E-state index in [1.165, 1.54) is 18.2 Å². The van der Waals surface area contributed by atoms with Crippen LogP contribution in [-0.2, 0) is 4.74 Å². The fraction of sp³-hybridized carbons (Fsp3) is 0.286. The third-order valence-corrected chi connectivity index (χ3v) is 3.02. The van der Waals surface area contributed by atoms with E-state index in [2.05, 4.69) is 14.6 Å². The second kappa shape index (κ2) is 4.97. The maximum Gasteiger partial charge on any atom is 0.586 e. The van der Waals surface area contributed by atoms with Gasteiger partial charge in [0.05, 0.1) is 6.61 Å². The molecule has 1 aromatic carbocycles. The van der Waals surface area contributed by atoms with E-state index in [0.717, 1.165) is 0 Å². The van der Waals surface area contributed by atoms with Gasteiger partial charge in [-0.3, -0.25) is 0 Å². The van der Waals surface area contributed by atoms with Gasteiger partial charge in [-0.1, -0.05) is 5.16 Å². The van der Waals surface area contributed by atoms with E-state index in [1.807, 2.05) is 0 Å². The quantitative estimate of drug-likeness (QED) is 0.811. The van der Waals surface area contributed by atoms with Crippen LogP contribution in [0.15, 0.2) is 22.7 Å². The van der Waals surface area contributed by atoms with Crippen LogP contribution in [0, 0.1) is 6.92 Å². The topological polar surface area (TPSA) is 70.8 Å². The van der Waals surface area contributed by atoms with Crippen LogP contribution < -0.4 is 9.47 Å². The first kappa shape index (κ1) is 14.3. The van der Waals surface area contributed by atoms with Crippen LogP contribution in [0.1, 0.15) is 23.0 Å². The summed E-state index contributed by atoms with van der Waals surface area (Å²) in [5, 5.41) is 3.79. The Kier molecular flexibility index (Phi) is 3.23. The largest absolute Gasteiger partial charge is 0.586 e. The molecule has 0 saturated carbocycles. The molecule has 0 atom stereocenters. The summed E-state index contributed by atoms with van der Waals surface area (Å²) in [6.45, 7) is 3.42. The lowest BCUT2D eigenvalue weighted by atomic mass is 10.1. The molecule has 0 unspecified atom stereocenters. The van der Waals surface area contributed by atoms with Crippen molar-refractivity contribution in [2.45, 2.75) is 20.1 Å². The van der Waals surface area contributed by atoms with Crippen LogP contribution >= 0.6 is 0 Å². The zero-order valence-corrected chi connectivity index (χ0v) is 11.7. The van der Waals surface area contributed by atoms with Gasteiger partial charge in [-0.05, 0) is 32.0 Å². The molecule has 0 radical (unpaired) electrons. The van der Waals surface area contributed by atoms with Crippen LogP contribution in [0.2, 0.25) is 0 Å². The lowest BCUT2D eigenvalue weighted by Gasteiger charge is -2.04. The minimum Gasteiger partial charge on any atom is -0.462 e. The molecule has 0 saturated heterocycles. The van der Waals surface area contributed by atoms with Gasteiger partial charge in [0.15, 0.2) is 11.5 Å². The summed E-state index contributed by atoms with van der Waals surface area (Å²) >= 11 is 0. The molecule has 1 aromatic heterocycles. The van der Waals surface area contributed by atoms with E-state index in [1.54, 1.807) is 13.8 Å². The van der Waals surface area contributed by atoms with Crippen molar-refractivity contribution in [2.75, 3.05) is 6.61 Å². The monoisotopic (exact) mass is 311 g/mol. The SMILES string of the molecule is CCOC(=O)c1c(-c2ccc3c(c2)OC(F)(F)O3)noc1C. The van der Waals surface area contributed by atoms with Gasteiger partial charge in [-0.25, -0.2) is 4.79 Å². The molecule has 0 spiro atoms. The smallest absolute Gasteiger partial charge is 0.462 e. The first-order chi connectivity index (χ1) is 10.4. The molecule has 2 heterocycles. The molecule has 3 rings (SSSR count). The van der Waals surface area contributed by atoms with Crippen molar-refractivity contribution in [2.24, 2.45) is 0 Å². The summed E-state index contributed by atoms with van der Waals surface area (Å²) in [6.07, 6.45) is -3.70. The average molecular weight is 311 g/mol. The van der Waals surface area contributed by atoms with Gasteiger partial charge in [0, 0.05) is 5.56 Å². The Balaban J connectivity index is 2.02. The number of hydrogen-bond acceptors (Lipinski definition) is 6. The standard InChI is InChI=1S/C14H11F2NO5/c1-3-19-13(18)11-7(2)22-17-12(11)8-4-5-9-10(6-8)21-14(15,16)20-9/h4-6H,3H2,1-2H3. The molecule has 0 bridgehead atoms.